The van der Waals surface area contributed by atoms with Gasteiger partial charge in [-0.2, -0.15) is 0 Å². The second kappa shape index (κ2) is 11.7. The molecule has 1 rings (SSSR count). The van der Waals surface area contributed by atoms with E-state index in [1.807, 2.05) is 19.1 Å². The molecule has 0 aliphatic carbocycles. The molecule has 0 aliphatic heterocycles. The minimum Gasteiger partial charge on any atom is -0.493 e. The molecule has 2 nitrogen and oxygen atoms in total. The first-order valence-electron chi connectivity index (χ1n) is 10.5. The average Bonchev–Trinajstić information content (AvgIpc) is 2.60. The zero-order valence-corrected chi connectivity index (χ0v) is 19.1. The fraction of sp³-hybridized carbons (Fsp3) is 0.500. The number of hydrogen-bond acceptors (Lipinski definition) is 2. The molecular formula is C26H38O2. The molecule has 0 saturated heterocycles. The van der Waals surface area contributed by atoms with Crippen molar-refractivity contribution in [1.29, 1.82) is 0 Å². The van der Waals surface area contributed by atoms with Gasteiger partial charge in [0.05, 0.1) is 6.61 Å². The fourth-order valence-corrected chi connectivity index (χ4v) is 3.01. The van der Waals surface area contributed by atoms with Gasteiger partial charge in [-0.1, -0.05) is 65.3 Å². The Morgan fingerprint density at radius 2 is 1.75 bits per heavy atom. The van der Waals surface area contributed by atoms with E-state index in [1.165, 1.54) is 22.3 Å². The van der Waals surface area contributed by atoms with Gasteiger partial charge in [0.25, 0.3) is 0 Å². The maximum atomic E-state index is 11.2. The van der Waals surface area contributed by atoms with Gasteiger partial charge in [-0.3, -0.25) is 4.79 Å². The van der Waals surface area contributed by atoms with Crippen molar-refractivity contribution in [2.24, 2.45) is 0 Å². The number of rotatable bonds is 10. The normalized spacial score (nSPS) is 13.1. The Morgan fingerprint density at radius 3 is 2.29 bits per heavy atom. The predicted molar refractivity (Wildman–Crippen MR) is 122 cm³/mol. The maximum absolute atomic E-state index is 11.2. The second-order valence-corrected chi connectivity index (χ2v) is 8.21. The van der Waals surface area contributed by atoms with Crippen LogP contribution in [0.15, 0.2) is 42.0 Å². The van der Waals surface area contributed by atoms with Gasteiger partial charge in [0, 0.05) is 5.56 Å². The summed E-state index contributed by atoms with van der Waals surface area (Å²) < 4.78 is 6.28. The van der Waals surface area contributed by atoms with Gasteiger partial charge < -0.3 is 4.74 Å². The zero-order chi connectivity index (χ0) is 21.3. The van der Waals surface area contributed by atoms with Gasteiger partial charge in [0.2, 0.25) is 0 Å². The third-order valence-corrected chi connectivity index (χ3v) is 4.73. The number of hydrogen-bond donors (Lipinski definition) is 0. The predicted octanol–water partition coefficient (Wildman–Crippen LogP) is 7.61. The first kappa shape index (κ1) is 23.9. The van der Waals surface area contributed by atoms with Crippen molar-refractivity contribution in [1.82, 2.24) is 0 Å². The Balaban J connectivity index is 3.40. The number of carbonyl (C=O) groups excluding carboxylic acids is 1. The van der Waals surface area contributed by atoms with Crippen LogP contribution in [0.5, 0.6) is 5.75 Å². The van der Waals surface area contributed by atoms with Crippen LogP contribution in [0.2, 0.25) is 0 Å². The summed E-state index contributed by atoms with van der Waals surface area (Å²) in [6.07, 6.45) is 9.91. The molecule has 0 amide bonds. The molecule has 0 N–H and O–H groups in total. The summed E-state index contributed by atoms with van der Waals surface area (Å²) in [5.41, 5.74) is 5.91. The van der Waals surface area contributed by atoms with E-state index in [1.54, 1.807) is 13.0 Å². The topological polar surface area (TPSA) is 26.3 Å². The highest BCUT2D eigenvalue weighted by molar-refractivity contribution is 5.88. The first-order chi connectivity index (χ1) is 13.2. The Hall–Kier alpha value is -2.09. The Morgan fingerprint density at radius 1 is 1.07 bits per heavy atom. The minimum absolute atomic E-state index is 0.0701. The van der Waals surface area contributed by atoms with Crippen molar-refractivity contribution < 1.29 is 9.53 Å². The standard InChI is InChI=1S/C26H38O2/c1-9-10-14-28-26-24(19(4)5)16-23(18(2)3)17-25(26)21(7)13-11-12-20(6)15-22(8)27/h11-13,15-19H,9-10,14H2,1-8H3/b12-11+,20-15+,21-13+. The smallest absolute Gasteiger partial charge is 0.152 e. The average molecular weight is 383 g/mol. The SMILES string of the molecule is CCCCOc1c(/C(C)=C/C=C/C(C)=C/C(C)=O)cc(C(C)C)cc1C(C)C. The molecule has 0 aromatic heterocycles. The third kappa shape index (κ3) is 7.50. The van der Waals surface area contributed by atoms with Crippen molar-refractivity contribution in [2.45, 2.75) is 80.1 Å². The Bertz CT molecular complexity index is 746. The summed E-state index contributed by atoms with van der Waals surface area (Å²) in [6, 6.07) is 4.58. The molecule has 0 unspecified atom stereocenters. The van der Waals surface area contributed by atoms with Crippen LogP contribution in [0.4, 0.5) is 0 Å². The number of unbranched alkanes of at least 4 members (excludes halogenated alkanes) is 1. The fourth-order valence-electron chi connectivity index (χ4n) is 3.01. The molecule has 0 bridgehead atoms. The molecular weight excluding hydrogens is 344 g/mol. The molecule has 28 heavy (non-hydrogen) atoms. The Kier molecular flexibility index (Phi) is 9.99. The number of carbonyl (C=O) groups is 1. The lowest BCUT2D eigenvalue weighted by Crippen LogP contribution is -2.06. The van der Waals surface area contributed by atoms with E-state index < -0.39 is 0 Å². The highest BCUT2D eigenvalue weighted by Gasteiger charge is 2.17. The Labute approximate surface area is 172 Å². The van der Waals surface area contributed by atoms with Crippen molar-refractivity contribution >= 4 is 11.4 Å². The summed E-state index contributed by atoms with van der Waals surface area (Å²) in [6.45, 7) is 17.5. The molecule has 0 spiro atoms. The number of benzene rings is 1. The van der Waals surface area contributed by atoms with Crippen molar-refractivity contribution in [3.8, 4) is 5.75 Å². The van der Waals surface area contributed by atoms with Crippen LogP contribution < -0.4 is 4.74 Å². The van der Waals surface area contributed by atoms with Gasteiger partial charge in [-0.15, -0.1) is 0 Å². The highest BCUT2D eigenvalue weighted by atomic mass is 16.5. The van der Waals surface area contributed by atoms with Crippen LogP contribution in [0.3, 0.4) is 0 Å². The van der Waals surface area contributed by atoms with Crippen LogP contribution in [0.25, 0.3) is 5.57 Å². The molecule has 1 aromatic carbocycles. The molecule has 0 radical (unpaired) electrons. The lowest BCUT2D eigenvalue weighted by atomic mass is 9.89. The van der Waals surface area contributed by atoms with Crippen molar-refractivity contribution in [3.63, 3.8) is 0 Å². The third-order valence-electron chi connectivity index (χ3n) is 4.73. The van der Waals surface area contributed by atoms with E-state index >= 15 is 0 Å². The second-order valence-electron chi connectivity index (χ2n) is 8.21. The summed E-state index contributed by atoms with van der Waals surface area (Å²) in [4.78, 5) is 11.2. The van der Waals surface area contributed by atoms with E-state index in [0.717, 1.165) is 30.8 Å². The van der Waals surface area contributed by atoms with Crippen molar-refractivity contribution in [2.75, 3.05) is 6.61 Å². The molecule has 0 heterocycles. The van der Waals surface area contributed by atoms with Gasteiger partial charge in [0.1, 0.15) is 5.75 Å². The molecule has 0 fully saturated rings. The van der Waals surface area contributed by atoms with Gasteiger partial charge >= 0.3 is 0 Å². The minimum atomic E-state index is 0.0701. The summed E-state index contributed by atoms with van der Waals surface area (Å²) in [7, 11) is 0. The van der Waals surface area contributed by atoms with Gasteiger partial charge in [0.15, 0.2) is 5.78 Å². The van der Waals surface area contributed by atoms with Gasteiger partial charge in [-0.05, 0) is 73.4 Å². The zero-order valence-electron chi connectivity index (χ0n) is 19.1. The van der Waals surface area contributed by atoms with Gasteiger partial charge in [-0.25, -0.2) is 0 Å². The van der Waals surface area contributed by atoms with Crippen LogP contribution in [0, 0.1) is 0 Å². The van der Waals surface area contributed by atoms with Crippen molar-refractivity contribution in [3.05, 3.63) is 58.7 Å². The number of ketones is 1. The van der Waals surface area contributed by atoms with E-state index in [9.17, 15) is 4.79 Å². The van der Waals surface area contributed by atoms with E-state index in [2.05, 4.69) is 59.8 Å². The maximum Gasteiger partial charge on any atom is 0.152 e. The summed E-state index contributed by atoms with van der Waals surface area (Å²) in [5, 5.41) is 0. The van der Waals surface area contributed by atoms with E-state index in [-0.39, 0.29) is 5.78 Å². The van der Waals surface area contributed by atoms with Crippen LogP contribution in [0.1, 0.15) is 96.8 Å². The molecule has 0 aliphatic rings. The molecule has 1 aromatic rings. The highest BCUT2D eigenvalue weighted by Crippen LogP contribution is 2.37. The monoisotopic (exact) mass is 382 g/mol. The quantitative estimate of drug-likeness (QED) is 0.236. The van der Waals surface area contributed by atoms with E-state index in [4.69, 9.17) is 4.74 Å². The molecule has 0 saturated carbocycles. The van der Waals surface area contributed by atoms with Crippen LogP contribution in [-0.4, -0.2) is 12.4 Å². The van der Waals surface area contributed by atoms with E-state index in [0.29, 0.717) is 11.8 Å². The summed E-state index contributed by atoms with van der Waals surface area (Å²) in [5.74, 6) is 1.95. The largest absolute Gasteiger partial charge is 0.493 e. The lowest BCUT2D eigenvalue weighted by Gasteiger charge is -2.21. The molecule has 154 valence electrons. The number of ether oxygens (including phenoxy) is 1. The molecule has 0 atom stereocenters. The van der Waals surface area contributed by atoms with Crippen LogP contribution >= 0.6 is 0 Å². The first-order valence-corrected chi connectivity index (χ1v) is 10.5. The molecule has 2 heteroatoms. The summed E-state index contributed by atoms with van der Waals surface area (Å²) >= 11 is 0. The van der Waals surface area contributed by atoms with Crippen LogP contribution in [-0.2, 0) is 4.79 Å². The lowest BCUT2D eigenvalue weighted by molar-refractivity contribution is -0.112. The number of allylic oxidation sites excluding steroid dienone is 6.